The topological polar surface area (TPSA) is 63.7 Å². The summed E-state index contributed by atoms with van der Waals surface area (Å²) in [5.41, 5.74) is 1.31. The second-order valence-corrected chi connectivity index (χ2v) is 9.59. The number of carbonyl (C=O) groups excluding carboxylic acids is 1. The average Bonchev–Trinajstić information content (AvgIpc) is 2.93. The fourth-order valence-electron chi connectivity index (χ4n) is 3.66. The molecule has 0 radical (unpaired) electrons. The Balaban J connectivity index is 1.46. The molecular formula is C24H23NO4S. The molecule has 0 aliphatic carbocycles. The SMILES string of the molecule is O=C(c1ccc(Oc2ccccc2)cc1)N1CCC(c2ccccc2)S(=O)(=O)CC1. The zero-order valence-corrected chi connectivity index (χ0v) is 17.3. The van der Waals surface area contributed by atoms with Gasteiger partial charge in [0.05, 0.1) is 11.0 Å². The Hall–Kier alpha value is -3.12. The Bertz CT molecular complexity index is 1100. The van der Waals surface area contributed by atoms with Crippen LogP contribution in [-0.2, 0) is 9.84 Å². The third-order valence-electron chi connectivity index (χ3n) is 5.28. The van der Waals surface area contributed by atoms with Crippen LogP contribution in [0.2, 0.25) is 0 Å². The quantitative estimate of drug-likeness (QED) is 0.623. The molecule has 4 rings (SSSR count). The number of nitrogens with zero attached hydrogens (tertiary/aromatic N) is 1. The van der Waals surface area contributed by atoms with Crippen molar-refractivity contribution in [3.05, 3.63) is 96.1 Å². The number of benzene rings is 3. The Kier molecular flexibility index (Phi) is 5.86. The molecule has 0 N–H and O–H groups in total. The van der Waals surface area contributed by atoms with Crippen molar-refractivity contribution in [2.45, 2.75) is 11.7 Å². The lowest BCUT2D eigenvalue weighted by molar-refractivity contribution is 0.0766. The maximum atomic E-state index is 13.0. The molecule has 1 saturated heterocycles. The first kappa shape index (κ1) is 20.2. The number of carbonyl (C=O) groups is 1. The maximum absolute atomic E-state index is 13.0. The smallest absolute Gasteiger partial charge is 0.253 e. The predicted molar refractivity (Wildman–Crippen MR) is 116 cm³/mol. The molecule has 30 heavy (non-hydrogen) atoms. The van der Waals surface area contributed by atoms with Gasteiger partial charge in [0.2, 0.25) is 0 Å². The van der Waals surface area contributed by atoms with E-state index in [-0.39, 0.29) is 18.2 Å². The third-order valence-corrected chi connectivity index (χ3v) is 7.41. The highest BCUT2D eigenvalue weighted by Gasteiger charge is 2.32. The number of hydrogen-bond acceptors (Lipinski definition) is 4. The lowest BCUT2D eigenvalue weighted by atomic mass is 10.1. The second kappa shape index (κ2) is 8.71. The molecule has 1 atom stereocenters. The summed E-state index contributed by atoms with van der Waals surface area (Å²) < 4.78 is 31.3. The van der Waals surface area contributed by atoms with Gasteiger partial charge < -0.3 is 9.64 Å². The van der Waals surface area contributed by atoms with Crippen molar-refractivity contribution in [3.63, 3.8) is 0 Å². The van der Waals surface area contributed by atoms with Crippen molar-refractivity contribution in [1.82, 2.24) is 4.90 Å². The van der Waals surface area contributed by atoms with Crippen molar-refractivity contribution >= 4 is 15.7 Å². The number of hydrogen-bond donors (Lipinski definition) is 0. The van der Waals surface area contributed by atoms with Crippen molar-refractivity contribution in [2.75, 3.05) is 18.8 Å². The molecule has 1 heterocycles. The van der Waals surface area contributed by atoms with Crippen LogP contribution in [0.1, 0.15) is 27.6 Å². The zero-order chi connectivity index (χ0) is 21.0. The molecule has 0 bridgehead atoms. The highest BCUT2D eigenvalue weighted by atomic mass is 32.2. The van der Waals surface area contributed by atoms with Crippen LogP contribution in [-0.4, -0.2) is 38.1 Å². The Labute approximate surface area is 176 Å². The second-order valence-electron chi connectivity index (χ2n) is 7.29. The summed E-state index contributed by atoms with van der Waals surface area (Å²) in [6.07, 6.45) is 0.396. The highest BCUT2D eigenvalue weighted by molar-refractivity contribution is 7.91. The summed E-state index contributed by atoms with van der Waals surface area (Å²) in [6.45, 7) is 0.604. The summed E-state index contributed by atoms with van der Waals surface area (Å²) in [6, 6.07) is 25.6. The molecule has 1 amide bonds. The minimum atomic E-state index is -3.32. The Morgan fingerprint density at radius 2 is 1.40 bits per heavy atom. The molecular weight excluding hydrogens is 398 g/mol. The molecule has 154 valence electrons. The molecule has 1 aliphatic heterocycles. The van der Waals surface area contributed by atoms with Crippen LogP contribution < -0.4 is 4.74 Å². The van der Waals surface area contributed by atoms with Gasteiger partial charge in [0.1, 0.15) is 11.5 Å². The van der Waals surface area contributed by atoms with Gasteiger partial charge in [0.25, 0.3) is 5.91 Å². The van der Waals surface area contributed by atoms with Gasteiger partial charge in [-0.25, -0.2) is 8.42 Å². The molecule has 0 saturated carbocycles. The lowest BCUT2D eigenvalue weighted by Crippen LogP contribution is -2.33. The number of ether oxygens (including phenoxy) is 1. The van der Waals surface area contributed by atoms with E-state index in [4.69, 9.17) is 4.74 Å². The fraction of sp³-hybridized carbons (Fsp3) is 0.208. The lowest BCUT2D eigenvalue weighted by Gasteiger charge is -2.20. The van der Waals surface area contributed by atoms with Gasteiger partial charge in [-0.2, -0.15) is 0 Å². The minimum Gasteiger partial charge on any atom is -0.457 e. The van der Waals surface area contributed by atoms with Crippen molar-refractivity contribution in [1.29, 1.82) is 0 Å². The first-order valence-corrected chi connectivity index (χ1v) is 11.6. The van der Waals surface area contributed by atoms with Crippen LogP contribution in [0.5, 0.6) is 11.5 Å². The summed E-state index contributed by atoms with van der Waals surface area (Å²) in [5, 5.41) is -0.571. The molecule has 6 heteroatoms. The number of amides is 1. The van der Waals surface area contributed by atoms with Gasteiger partial charge in [-0.3, -0.25) is 4.79 Å². The Morgan fingerprint density at radius 1 is 0.800 bits per heavy atom. The van der Waals surface area contributed by atoms with Crippen molar-refractivity contribution in [3.8, 4) is 11.5 Å². The molecule has 1 unspecified atom stereocenters. The van der Waals surface area contributed by atoms with Crippen molar-refractivity contribution in [2.24, 2.45) is 0 Å². The first-order valence-electron chi connectivity index (χ1n) is 9.92. The summed E-state index contributed by atoms with van der Waals surface area (Å²) in [5.74, 6) is 1.17. The van der Waals surface area contributed by atoms with Crippen LogP contribution in [0.4, 0.5) is 0 Å². The average molecular weight is 422 g/mol. The van der Waals surface area contributed by atoms with Gasteiger partial charge in [-0.15, -0.1) is 0 Å². The molecule has 1 aliphatic rings. The summed E-state index contributed by atoms with van der Waals surface area (Å²) in [4.78, 5) is 14.6. The van der Waals surface area contributed by atoms with E-state index in [1.54, 1.807) is 29.2 Å². The molecule has 3 aromatic carbocycles. The van der Waals surface area contributed by atoms with Gasteiger partial charge in [-0.05, 0) is 48.4 Å². The largest absolute Gasteiger partial charge is 0.457 e. The normalized spacial score (nSPS) is 18.4. The van der Waals surface area contributed by atoms with E-state index >= 15 is 0 Å². The maximum Gasteiger partial charge on any atom is 0.253 e. The van der Waals surface area contributed by atoms with E-state index in [0.29, 0.717) is 24.3 Å². The van der Waals surface area contributed by atoms with E-state index in [2.05, 4.69) is 0 Å². The monoisotopic (exact) mass is 421 g/mol. The van der Waals surface area contributed by atoms with E-state index in [9.17, 15) is 13.2 Å². The predicted octanol–water partition coefficient (Wildman–Crippen LogP) is 4.48. The van der Waals surface area contributed by atoms with E-state index < -0.39 is 15.1 Å². The Morgan fingerprint density at radius 3 is 2.07 bits per heavy atom. The standard InChI is InChI=1S/C24H23NO4S/c26-24(20-11-13-22(14-12-20)29-21-9-5-2-6-10-21)25-16-15-23(30(27,28)18-17-25)19-7-3-1-4-8-19/h1-14,23H,15-18H2. The molecule has 3 aromatic rings. The van der Waals surface area contributed by atoms with Gasteiger partial charge in [0, 0.05) is 18.7 Å². The molecule has 0 aromatic heterocycles. The first-order chi connectivity index (χ1) is 14.5. The number of sulfone groups is 1. The van der Waals surface area contributed by atoms with Crippen molar-refractivity contribution < 1.29 is 17.9 Å². The fourth-order valence-corrected chi connectivity index (χ4v) is 5.46. The van der Waals surface area contributed by atoms with Crippen LogP contribution in [0, 0.1) is 0 Å². The van der Waals surface area contributed by atoms with E-state index in [1.165, 1.54) is 0 Å². The number of para-hydroxylation sites is 1. The van der Waals surface area contributed by atoms with Gasteiger partial charge in [-0.1, -0.05) is 48.5 Å². The van der Waals surface area contributed by atoms with Crippen LogP contribution >= 0.6 is 0 Å². The van der Waals surface area contributed by atoms with Crippen LogP contribution in [0.15, 0.2) is 84.9 Å². The zero-order valence-electron chi connectivity index (χ0n) is 16.5. The summed E-state index contributed by atoms with van der Waals surface area (Å²) in [7, 11) is -3.32. The van der Waals surface area contributed by atoms with Gasteiger partial charge >= 0.3 is 0 Å². The van der Waals surface area contributed by atoms with Crippen LogP contribution in [0.25, 0.3) is 0 Å². The minimum absolute atomic E-state index is 0.0342. The number of rotatable bonds is 4. The molecule has 1 fully saturated rings. The molecule has 0 spiro atoms. The van der Waals surface area contributed by atoms with E-state index in [1.807, 2.05) is 60.7 Å². The summed E-state index contributed by atoms with van der Waals surface area (Å²) >= 11 is 0. The van der Waals surface area contributed by atoms with Gasteiger partial charge in [0.15, 0.2) is 9.84 Å². The van der Waals surface area contributed by atoms with E-state index in [0.717, 1.165) is 11.3 Å². The molecule has 5 nitrogen and oxygen atoms in total. The van der Waals surface area contributed by atoms with Crippen LogP contribution in [0.3, 0.4) is 0 Å². The highest BCUT2D eigenvalue weighted by Crippen LogP contribution is 2.30. The third kappa shape index (κ3) is 4.54.